The SMILES string of the molecule is CCOc1ccc(O[C@H](C)C(=O)NNC(=O)c2ccc(C(C)C)cc2)cc1. The van der Waals surface area contributed by atoms with Crippen LogP contribution in [0.25, 0.3) is 0 Å². The first-order valence-electron chi connectivity index (χ1n) is 9.00. The van der Waals surface area contributed by atoms with Gasteiger partial charge in [-0.1, -0.05) is 26.0 Å². The minimum atomic E-state index is -0.772. The predicted molar refractivity (Wildman–Crippen MR) is 104 cm³/mol. The van der Waals surface area contributed by atoms with Crippen molar-refractivity contribution in [3.8, 4) is 11.5 Å². The van der Waals surface area contributed by atoms with Crippen molar-refractivity contribution in [3.05, 3.63) is 59.7 Å². The topological polar surface area (TPSA) is 76.7 Å². The van der Waals surface area contributed by atoms with Crippen LogP contribution in [-0.2, 0) is 4.79 Å². The van der Waals surface area contributed by atoms with Crippen LogP contribution in [0, 0.1) is 0 Å². The second-order valence-corrected chi connectivity index (χ2v) is 6.38. The van der Waals surface area contributed by atoms with E-state index in [4.69, 9.17) is 9.47 Å². The zero-order valence-electron chi connectivity index (χ0n) is 16.1. The summed E-state index contributed by atoms with van der Waals surface area (Å²) in [5.41, 5.74) is 6.40. The van der Waals surface area contributed by atoms with Crippen molar-refractivity contribution in [2.24, 2.45) is 0 Å². The Bertz CT molecular complexity index is 755. The van der Waals surface area contributed by atoms with Gasteiger partial charge >= 0.3 is 0 Å². The molecule has 0 saturated heterocycles. The first-order valence-corrected chi connectivity index (χ1v) is 9.00. The summed E-state index contributed by atoms with van der Waals surface area (Å²) in [6.45, 7) is 8.26. The molecule has 6 heteroatoms. The number of hydrogen-bond acceptors (Lipinski definition) is 4. The Balaban J connectivity index is 1.84. The van der Waals surface area contributed by atoms with Crippen molar-refractivity contribution < 1.29 is 19.1 Å². The Labute approximate surface area is 159 Å². The summed E-state index contributed by atoms with van der Waals surface area (Å²) in [5, 5.41) is 0. The summed E-state index contributed by atoms with van der Waals surface area (Å²) in [7, 11) is 0. The van der Waals surface area contributed by atoms with Gasteiger partial charge in [-0.3, -0.25) is 20.4 Å². The van der Waals surface area contributed by atoms with Gasteiger partial charge in [0, 0.05) is 5.56 Å². The first-order chi connectivity index (χ1) is 12.9. The molecular weight excluding hydrogens is 344 g/mol. The fraction of sp³-hybridized carbons (Fsp3) is 0.333. The van der Waals surface area contributed by atoms with Gasteiger partial charge in [0.2, 0.25) is 0 Å². The van der Waals surface area contributed by atoms with Gasteiger partial charge in [0.1, 0.15) is 11.5 Å². The molecule has 0 aromatic heterocycles. The van der Waals surface area contributed by atoms with Crippen molar-refractivity contribution in [1.29, 1.82) is 0 Å². The molecule has 27 heavy (non-hydrogen) atoms. The quantitative estimate of drug-likeness (QED) is 0.732. The molecular formula is C21H26N2O4. The van der Waals surface area contributed by atoms with Gasteiger partial charge in [0.05, 0.1) is 6.61 Å². The lowest BCUT2D eigenvalue weighted by Gasteiger charge is -2.15. The van der Waals surface area contributed by atoms with E-state index in [1.165, 1.54) is 0 Å². The largest absolute Gasteiger partial charge is 0.494 e. The van der Waals surface area contributed by atoms with Crippen molar-refractivity contribution in [2.45, 2.75) is 39.7 Å². The van der Waals surface area contributed by atoms with Crippen molar-refractivity contribution in [1.82, 2.24) is 10.9 Å². The normalized spacial score (nSPS) is 11.6. The smallest absolute Gasteiger partial charge is 0.279 e. The summed E-state index contributed by atoms with van der Waals surface area (Å²) < 4.78 is 10.9. The van der Waals surface area contributed by atoms with E-state index in [0.29, 0.717) is 23.8 Å². The fourth-order valence-corrected chi connectivity index (χ4v) is 2.35. The highest BCUT2D eigenvalue weighted by Gasteiger charge is 2.16. The van der Waals surface area contributed by atoms with E-state index in [1.54, 1.807) is 43.3 Å². The molecule has 0 heterocycles. The summed E-state index contributed by atoms with van der Waals surface area (Å²) in [5.74, 6) is 0.833. The lowest BCUT2D eigenvalue weighted by atomic mass is 10.0. The van der Waals surface area contributed by atoms with Gasteiger partial charge in [0.15, 0.2) is 6.10 Å². The molecule has 0 aliphatic carbocycles. The molecule has 0 fully saturated rings. The Morgan fingerprint density at radius 2 is 1.48 bits per heavy atom. The highest BCUT2D eigenvalue weighted by molar-refractivity contribution is 5.95. The number of nitrogens with one attached hydrogen (secondary N) is 2. The van der Waals surface area contributed by atoms with Crippen LogP contribution in [0.4, 0.5) is 0 Å². The molecule has 0 bridgehead atoms. The monoisotopic (exact) mass is 370 g/mol. The standard InChI is InChI=1S/C21H26N2O4/c1-5-26-18-10-12-19(13-11-18)27-15(4)20(24)22-23-21(25)17-8-6-16(7-9-17)14(2)3/h6-15H,5H2,1-4H3,(H,22,24)(H,23,25)/t15-/m1/s1. The van der Waals surface area contributed by atoms with E-state index in [1.807, 2.05) is 19.1 Å². The molecule has 144 valence electrons. The number of ether oxygens (including phenoxy) is 2. The molecule has 0 aliphatic heterocycles. The highest BCUT2D eigenvalue weighted by Crippen LogP contribution is 2.18. The zero-order valence-corrected chi connectivity index (χ0v) is 16.1. The third-order valence-corrected chi connectivity index (χ3v) is 3.96. The van der Waals surface area contributed by atoms with Gasteiger partial charge in [-0.15, -0.1) is 0 Å². The Hall–Kier alpha value is -3.02. The molecule has 2 rings (SSSR count). The number of benzene rings is 2. The van der Waals surface area contributed by atoms with E-state index in [9.17, 15) is 9.59 Å². The molecule has 6 nitrogen and oxygen atoms in total. The minimum Gasteiger partial charge on any atom is -0.494 e. The predicted octanol–water partition coefficient (Wildman–Crippen LogP) is 3.44. The van der Waals surface area contributed by atoms with E-state index >= 15 is 0 Å². The van der Waals surface area contributed by atoms with E-state index in [-0.39, 0.29) is 5.91 Å². The van der Waals surface area contributed by atoms with Gasteiger partial charge in [-0.25, -0.2) is 0 Å². The molecule has 0 radical (unpaired) electrons. The lowest BCUT2D eigenvalue weighted by molar-refractivity contribution is -0.128. The van der Waals surface area contributed by atoms with Crippen LogP contribution in [0.5, 0.6) is 11.5 Å². The summed E-state index contributed by atoms with van der Waals surface area (Å²) in [6, 6.07) is 14.3. The maximum absolute atomic E-state index is 12.1. The fourth-order valence-electron chi connectivity index (χ4n) is 2.35. The number of hydrogen-bond donors (Lipinski definition) is 2. The number of rotatable bonds is 7. The Kier molecular flexibility index (Phi) is 7.23. The summed E-state index contributed by atoms with van der Waals surface area (Å²) >= 11 is 0. The molecule has 2 amide bonds. The molecule has 0 saturated carbocycles. The van der Waals surface area contributed by atoms with Gasteiger partial charge < -0.3 is 9.47 Å². The number of hydrazine groups is 1. The van der Waals surface area contributed by atoms with Crippen molar-refractivity contribution >= 4 is 11.8 Å². The average Bonchev–Trinajstić information content (AvgIpc) is 2.67. The maximum atomic E-state index is 12.1. The summed E-state index contributed by atoms with van der Waals surface area (Å²) in [6.07, 6.45) is -0.772. The molecule has 0 spiro atoms. The Morgan fingerprint density at radius 3 is 2.04 bits per heavy atom. The van der Waals surface area contributed by atoms with Crippen LogP contribution >= 0.6 is 0 Å². The van der Waals surface area contributed by atoms with Gasteiger partial charge in [-0.2, -0.15) is 0 Å². The van der Waals surface area contributed by atoms with Gasteiger partial charge in [-0.05, 0) is 61.7 Å². The third kappa shape index (κ3) is 6.02. The molecule has 2 aromatic rings. The third-order valence-electron chi connectivity index (χ3n) is 3.96. The van der Waals surface area contributed by atoms with Crippen LogP contribution in [0.3, 0.4) is 0 Å². The van der Waals surface area contributed by atoms with Crippen molar-refractivity contribution in [2.75, 3.05) is 6.61 Å². The second-order valence-electron chi connectivity index (χ2n) is 6.38. The first kappa shape index (κ1) is 20.3. The molecule has 0 aliphatic rings. The van der Waals surface area contributed by atoms with Crippen LogP contribution in [-0.4, -0.2) is 24.5 Å². The number of amides is 2. The summed E-state index contributed by atoms with van der Waals surface area (Å²) in [4.78, 5) is 24.3. The molecule has 0 unspecified atom stereocenters. The van der Waals surface area contributed by atoms with Crippen molar-refractivity contribution in [3.63, 3.8) is 0 Å². The molecule has 1 atom stereocenters. The van der Waals surface area contributed by atoms with Gasteiger partial charge in [0.25, 0.3) is 11.8 Å². The molecule has 2 aromatic carbocycles. The van der Waals surface area contributed by atoms with E-state index in [2.05, 4.69) is 24.7 Å². The second kappa shape index (κ2) is 9.62. The minimum absolute atomic E-state index is 0.382. The average molecular weight is 370 g/mol. The number of carbonyl (C=O) groups is 2. The maximum Gasteiger partial charge on any atom is 0.279 e. The van der Waals surface area contributed by atoms with E-state index < -0.39 is 12.0 Å². The molecule has 2 N–H and O–H groups in total. The van der Waals surface area contributed by atoms with Crippen LogP contribution in [0.2, 0.25) is 0 Å². The Morgan fingerprint density at radius 1 is 0.889 bits per heavy atom. The zero-order chi connectivity index (χ0) is 19.8. The highest BCUT2D eigenvalue weighted by atomic mass is 16.5. The number of carbonyl (C=O) groups excluding carboxylic acids is 2. The van der Waals surface area contributed by atoms with E-state index in [0.717, 1.165) is 11.3 Å². The van der Waals surface area contributed by atoms with Crippen LogP contribution in [0.15, 0.2) is 48.5 Å². The van der Waals surface area contributed by atoms with Crippen LogP contribution < -0.4 is 20.3 Å². The van der Waals surface area contributed by atoms with Crippen LogP contribution in [0.1, 0.15) is 49.5 Å². The lowest BCUT2D eigenvalue weighted by Crippen LogP contribution is -2.47.